The number of thioether (sulfide) groups is 2. The number of benzene rings is 2. The topological polar surface area (TPSA) is 46.2 Å². The van der Waals surface area contributed by atoms with Crippen LogP contribution in [0.1, 0.15) is 44.7 Å². The zero-order valence-corrected chi connectivity index (χ0v) is 19.9. The quantitative estimate of drug-likeness (QED) is 0.612. The average Bonchev–Trinajstić information content (AvgIpc) is 2.69. The van der Waals surface area contributed by atoms with Gasteiger partial charge >= 0.3 is 0 Å². The molecule has 3 rings (SSSR count). The highest BCUT2D eigenvalue weighted by atomic mass is 32.2. The van der Waals surface area contributed by atoms with E-state index in [1.165, 1.54) is 12.0 Å². The molecule has 0 spiro atoms. The van der Waals surface area contributed by atoms with Crippen molar-refractivity contribution >= 4 is 33.5 Å². The Morgan fingerprint density at radius 1 is 0.966 bits per heavy atom. The fraction of sp³-hybridized carbons (Fsp3) is 0.478. The zero-order valence-electron chi connectivity index (χ0n) is 17.4. The van der Waals surface area contributed by atoms with Gasteiger partial charge in [0.15, 0.2) is 0 Å². The fourth-order valence-corrected chi connectivity index (χ4v) is 7.90. The first-order chi connectivity index (χ1) is 13.7. The number of hydrogen-bond acceptors (Lipinski definition) is 4. The van der Waals surface area contributed by atoms with E-state index < -0.39 is 14.8 Å². The molecule has 2 aromatic rings. The third-order valence-electron chi connectivity index (χ3n) is 5.14. The molecule has 3 nitrogen and oxygen atoms in total. The van der Waals surface area contributed by atoms with E-state index in [9.17, 15) is 8.42 Å². The van der Waals surface area contributed by atoms with Gasteiger partial charge in [-0.2, -0.15) is 0 Å². The van der Waals surface area contributed by atoms with Gasteiger partial charge in [-0.3, -0.25) is 0 Å². The Morgan fingerprint density at radius 2 is 1.52 bits per heavy atom. The van der Waals surface area contributed by atoms with E-state index in [-0.39, 0.29) is 10.1 Å². The van der Waals surface area contributed by atoms with Crippen LogP contribution >= 0.6 is 23.5 Å². The molecule has 0 saturated carbocycles. The number of nitrogens with one attached hydrogen (secondary N) is 1. The molecule has 2 aromatic carbocycles. The Morgan fingerprint density at radius 3 is 2.07 bits per heavy atom. The van der Waals surface area contributed by atoms with Gasteiger partial charge in [0.25, 0.3) is 0 Å². The second-order valence-corrected chi connectivity index (χ2v) is 14.0. The first-order valence-electron chi connectivity index (χ1n) is 10.1. The van der Waals surface area contributed by atoms with Crippen LogP contribution in [0.2, 0.25) is 0 Å². The first kappa shape index (κ1) is 22.7. The van der Waals surface area contributed by atoms with Gasteiger partial charge in [0.1, 0.15) is 0 Å². The maximum absolute atomic E-state index is 13.0. The second kappa shape index (κ2) is 9.46. The lowest BCUT2D eigenvalue weighted by atomic mass is 9.99. The summed E-state index contributed by atoms with van der Waals surface area (Å²) in [5.74, 6) is 2.21. The van der Waals surface area contributed by atoms with Gasteiger partial charge < -0.3 is 0 Å². The summed E-state index contributed by atoms with van der Waals surface area (Å²) in [4.78, 5) is 0. The molecule has 0 unspecified atom stereocenters. The highest BCUT2D eigenvalue weighted by Crippen LogP contribution is 2.53. The highest BCUT2D eigenvalue weighted by Gasteiger charge is 2.40. The number of rotatable bonds is 7. The van der Waals surface area contributed by atoms with Crippen LogP contribution in [-0.2, 0) is 20.5 Å². The Kier molecular flexibility index (Phi) is 7.41. The summed E-state index contributed by atoms with van der Waals surface area (Å²) < 4.78 is 28.1. The van der Waals surface area contributed by atoms with Crippen LogP contribution in [0.3, 0.4) is 0 Å². The van der Waals surface area contributed by atoms with Crippen molar-refractivity contribution in [2.45, 2.75) is 54.9 Å². The fourth-order valence-electron chi connectivity index (χ4n) is 3.44. The SMILES string of the molecule is CC(C)(C)S(=O)(=O)N[C@@H](Cc1ccccc1)CC1(c2ccccc2)SCCCS1. The minimum Gasteiger partial charge on any atom is -0.212 e. The molecule has 158 valence electrons. The highest BCUT2D eigenvalue weighted by molar-refractivity contribution is 8.18. The van der Waals surface area contributed by atoms with Gasteiger partial charge in [0.2, 0.25) is 10.0 Å². The van der Waals surface area contributed by atoms with Gasteiger partial charge in [0, 0.05) is 6.04 Å². The Labute approximate surface area is 184 Å². The second-order valence-electron chi connectivity index (χ2n) is 8.49. The summed E-state index contributed by atoms with van der Waals surface area (Å²) in [6.45, 7) is 5.27. The van der Waals surface area contributed by atoms with E-state index in [2.05, 4.69) is 41.1 Å². The average molecular weight is 450 g/mol. The first-order valence-corrected chi connectivity index (χ1v) is 13.6. The minimum atomic E-state index is -3.45. The third kappa shape index (κ3) is 5.81. The molecule has 29 heavy (non-hydrogen) atoms. The van der Waals surface area contributed by atoms with Gasteiger partial charge in [-0.15, -0.1) is 23.5 Å². The molecule has 1 aliphatic heterocycles. The maximum Gasteiger partial charge on any atom is 0.216 e. The van der Waals surface area contributed by atoms with Crippen molar-refractivity contribution in [1.29, 1.82) is 0 Å². The molecular formula is C23H31NO2S3. The standard InChI is InChI=1S/C23H31NO2S3/c1-22(2,3)29(25,26)24-21(17-19-11-6-4-7-12-19)18-23(27-15-10-16-28-23)20-13-8-5-9-14-20/h4-9,11-14,21,24H,10,15-18H2,1-3H3/t21-/m0/s1. The van der Waals surface area contributed by atoms with E-state index in [4.69, 9.17) is 0 Å². The summed E-state index contributed by atoms with van der Waals surface area (Å²) in [5.41, 5.74) is 2.44. The molecule has 0 radical (unpaired) electrons. The van der Waals surface area contributed by atoms with Crippen molar-refractivity contribution in [3.05, 3.63) is 71.8 Å². The molecular weight excluding hydrogens is 418 g/mol. The van der Waals surface area contributed by atoms with Crippen LogP contribution in [0.15, 0.2) is 60.7 Å². The van der Waals surface area contributed by atoms with E-state index in [0.29, 0.717) is 6.42 Å². The zero-order chi connectivity index (χ0) is 21.0. The Hall–Kier alpha value is -0.950. The summed E-state index contributed by atoms with van der Waals surface area (Å²) in [6.07, 6.45) is 2.64. The van der Waals surface area contributed by atoms with Crippen LogP contribution in [0, 0.1) is 0 Å². The van der Waals surface area contributed by atoms with E-state index >= 15 is 0 Å². The molecule has 1 atom stereocenters. The molecule has 0 bridgehead atoms. The van der Waals surface area contributed by atoms with Crippen LogP contribution < -0.4 is 4.72 Å². The van der Waals surface area contributed by atoms with Crippen molar-refractivity contribution in [2.75, 3.05) is 11.5 Å². The molecule has 1 aliphatic rings. The van der Waals surface area contributed by atoms with Gasteiger partial charge in [0.05, 0.1) is 8.83 Å². The van der Waals surface area contributed by atoms with Crippen molar-refractivity contribution in [3.8, 4) is 0 Å². The van der Waals surface area contributed by atoms with Gasteiger partial charge in [-0.05, 0) is 62.7 Å². The molecule has 0 amide bonds. The lowest BCUT2D eigenvalue weighted by molar-refractivity contribution is 0.492. The molecule has 6 heteroatoms. The summed E-state index contributed by atoms with van der Waals surface area (Å²) in [7, 11) is -3.45. The van der Waals surface area contributed by atoms with Gasteiger partial charge in [-0.1, -0.05) is 60.7 Å². The van der Waals surface area contributed by atoms with Crippen molar-refractivity contribution in [1.82, 2.24) is 4.72 Å². The third-order valence-corrected chi connectivity index (χ3v) is 10.8. The van der Waals surface area contributed by atoms with Crippen LogP contribution in [0.5, 0.6) is 0 Å². The molecule has 0 aromatic heterocycles. The summed E-state index contributed by atoms with van der Waals surface area (Å²) >= 11 is 3.93. The number of hydrogen-bond donors (Lipinski definition) is 1. The minimum absolute atomic E-state index is 0.126. The lowest BCUT2D eigenvalue weighted by Gasteiger charge is -2.40. The van der Waals surface area contributed by atoms with Crippen molar-refractivity contribution < 1.29 is 8.42 Å². The van der Waals surface area contributed by atoms with Crippen molar-refractivity contribution in [2.24, 2.45) is 0 Å². The Bertz CT molecular complexity index is 871. The van der Waals surface area contributed by atoms with Crippen molar-refractivity contribution in [3.63, 3.8) is 0 Å². The smallest absolute Gasteiger partial charge is 0.212 e. The predicted molar refractivity (Wildman–Crippen MR) is 128 cm³/mol. The van der Waals surface area contributed by atoms with Crippen LogP contribution in [0.25, 0.3) is 0 Å². The van der Waals surface area contributed by atoms with E-state index in [1.54, 1.807) is 20.8 Å². The van der Waals surface area contributed by atoms with E-state index in [1.807, 2.05) is 47.8 Å². The van der Waals surface area contributed by atoms with Gasteiger partial charge in [-0.25, -0.2) is 13.1 Å². The van der Waals surface area contributed by atoms with Crippen LogP contribution in [-0.4, -0.2) is 30.7 Å². The summed E-state index contributed by atoms with van der Waals surface area (Å²) in [6, 6.07) is 20.6. The lowest BCUT2D eigenvalue weighted by Crippen LogP contribution is -2.47. The summed E-state index contributed by atoms with van der Waals surface area (Å²) in [5, 5.41) is 0. The monoisotopic (exact) mass is 449 g/mol. The molecule has 1 fully saturated rings. The van der Waals surface area contributed by atoms with E-state index in [0.717, 1.165) is 23.5 Å². The number of sulfonamides is 1. The largest absolute Gasteiger partial charge is 0.216 e. The molecule has 0 aliphatic carbocycles. The van der Waals surface area contributed by atoms with Crippen LogP contribution in [0.4, 0.5) is 0 Å². The normalized spacial score (nSPS) is 18.3. The molecule has 1 heterocycles. The predicted octanol–water partition coefficient (Wildman–Crippen LogP) is 5.43. The molecule has 1 N–H and O–H groups in total. The molecule has 1 saturated heterocycles. The maximum atomic E-state index is 13.0. The Balaban J connectivity index is 1.93.